The summed E-state index contributed by atoms with van der Waals surface area (Å²) in [5, 5.41) is 8.40. The molecule has 0 amide bonds. The monoisotopic (exact) mass is 1590 g/mol. The topological polar surface area (TPSA) is 496 Å². The zero-order valence-electron chi connectivity index (χ0n) is 46.8. The third-order valence-corrected chi connectivity index (χ3v) is 58.7. The van der Waals surface area contributed by atoms with Crippen LogP contribution in [0.1, 0.15) is 58.9 Å². The highest BCUT2D eigenvalue weighted by atomic mass is 28.6. The molecule has 0 aliphatic carbocycles. The molecule has 0 aromatic heterocycles. The van der Waals surface area contributed by atoms with E-state index in [-0.39, 0.29) is 52.0 Å². The van der Waals surface area contributed by atoms with E-state index in [9.17, 15) is 48.0 Å². The van der Waals surface area contributed by atoms with Crippen LogP contribution in [0.2, 0.25) is 6.55 Å². The van der Waals surface area contributed by atoms with Gasteiger partial charge in [0.2, 0.25) is 0 Å². The van der Waals surface area contributed by atoms with Gasteiger partial charge in [0, 0.05) is 105 Å². The summed E-state index contributed by atoms with van der Waals surface area (Å²) in [4.78, 5) is 106. The highest BCUT2D eigenvalue weighted by Crippen LogP contribution is 2.46. The molecule has 47 nitrogen and oxygen atoms in total. The smallest absolute Gasteiger partial charge is 0.393 e. The summed E-state index contributed by atoms with van der Waals surface area (Å²) in [5.74, 6) is 0. The molecule has 8 fully saturated rings. The van der Waals surface area contributed by atoms with Crippen molar-refractivity contribution in [3.8, 4) is 0 Å². The molecule has 12 unspecified atom stereocenters. The van der Waals surface area contributed by atoms with Crippen LogP contribution in [0.3, 0.4) is 0 Å². The maximum atomic E-state index is 12.2. The lowest BCUT2D eigenvalue weighted by Crippen LogP contribution is -2.87. The SMILES string of the molecule is C.C.C.C.C.C.C.CCN(C)C.CN(C)O[SiH]1O[Si]2(C)O[Si]3(ON(C)C)O[Si](O)(ON(C)C)O[Si]4(ON(C)C)O[Si](ON(C)C)(O1)O[Si](ON(C)C)(O2)O[Si](ON(C)C)(O3)O4.O[SiH]1O[Si]2(O)O[Si]3(O)O[Si](O)(O)O[Si]4(O)O[Si](O)(O1)O[Si](O)(O2)O[Si](O)(O3)O4. The molecule has 0 saturated carbocycles. The van der Waals surface area contributed by atoms with Gasteiger partial charge in [0.25, 0.3) is 0 Å². The fourth-order valence-corrected chi connectivity index (χ4v) is 63.2. The fourth-order valence-electron chi connectivity index (χ4n) is 6.31. The van der Waals surface area contributed by atoms with Crippen molar-refractivity contribution in [2.75, 3.05) is 119 Å². The Kier molecular flexibility index (Phi) is 34.5. The van der Waals surface area contributed by atoms with Crippen molar-refractivity contribution in [3.05, 3.63) is 0 Å². The molecule has 8 aliphatic rings. The Balaban J connectivity index is 0. The van der Waals surface area contributed by atoms with Gasteiger partial charge in [-0.3, -0.25) is 31.7 Å². The van der Waals surface area contributed by atoms with E-state index in [1.54, 1.807) is 14.1 Å². The average molecular weight is 1590 g/mol. The van der Waals surface area contributed by atoms with Gasteiger partial charge in [-0.1, -0.05) is 58.9 Å². The van der Waals surface area contributed by atoms with Gasteiger partial charge in [-0.05, 0) is 20.6 Å². The predicted octanol–water partition coefficient (Wildman–Crippen LogP) is -8.49. The first-order chi connectivity index (χ1) is 37.1. The minimum atomic E-state index is -5.72. The van der Waals surface area contributed by atoms with Crippen molar-refractivity contribution in [1.82, 2.24) is 40.3 Å². The summed E-state index contributed by atoms with van der Waals surface area (Å²) >= 11 is 0. The Hall–Kier alpha value is 1.59. The molecule has 538 valence electrons. The first-order valence-corrected chi connectivity index (χ1v) is 49.5. The second-order valence-corrected chi connectivity index (χ2v) is 54.3. The Morgan fingerprint density at radius 1 is 0.315 bits per heavy atom. The van der Waals surface area contributed by atoms with Crippen molar-refractivity contribution in [2.24, 2.45) is 0 Å². The quantitative estimate of drug-likeness (QED) is 0.0538. The van der Waals surface area contributed by atoms with Crippen molar-refractivity contribution in [3.63, 3.8) is 0 Å². The highest BCUT2D eigenvalue weighted by Gasteiger charge is 2.88. The maximum absolute atomic E-state index is 12.2. The predicted molar refractivity (Wildman–Crippen MR) is 322 cm³/mol. The number of hydrogen-bond acceptors (Lipinski definition) is 47. The second kappa shape index (κ2) is 33.2. The fraction of sp³-hybridized carbons (Fsp3) is 1.00. The summed E-state index contributed by atoms with van der Waals surface area (Å²) in [7, 11) is -56.9. The molecule has 0 aromatic carbocycles. The van der Waals surface area contributed by atoms with Crippen molar-refractivity contribution in [1.29, 1.82) is 0 Å². The molecule has 89 heavy (non-hydrogen) atoms. The summed E-state index contributed by atoms with van der Waals surface area (Å²) < 4.78 is 164. The van der Waals surface area contributed by atoms with Crippen LogP contribution in [0.15, 0.2) is 0 Å². The molecule has 12 bridgehead atoms. The molecule has 8 rings (SSSR count). The molecule has 8 saturated heterocycles. The standard InChI is InChI=1S/C15H47N7O19Si8.C4H11N.7CH4.H10O20Si8/c1-16(2)24-42-31-43(15)33-46(27-19(7)8)35-44(23,25-17(3)4)36-48(29-21(11)12)38-45(32-42,26-18(5)6)37-47(34-43,28-20(9)10)40-49(39-46,41-48)30-22(13)14;1-4-5(2)3;;;;;;;;1-21-10-23(4)14-25(6)12-22(2,3)13-26(7)15-24(5,11-21)17-27(8,16-23)20-28(9,18-25)19-26/h23,42H,1-15H3;4H2,1-3H3;7*1H4;1-9,21H. The number of rotatable bonds is 15. The molecule has 0 aromatic rings. The molecular formula is C26H96N8O39Si16. The van der Waals surface area contributed by atoms with Crippen molar-refractivity contribution >= 4 is 145 Å². The van der Waals surface area contributed by atoms with E-state index >= 15 is 0 Å². The van der Waals surface area contributed by atoms with Gasteiger partial charge in [-0.2, -0.15) is 0 Å². The van der Waals surface area contributed by atoms with E-state index < -0.39 is 145 Å². The van der Waals surface area contributed by atoms with Crippen LogP contribution < -0.4 is 0 Å². The normalized spacial score (nSPS) is 41.9. The minimum absolute atomic E-state index is 0. The van der Waals surface area contributed by atoms with E-state index in [4.69, 9.17) is 77.0 Å². The van der Waals surface area contributed by atoms with Crippen LogP contribution in [0.5, 0.6) is 0 Å². The van der Waals surface area contributed by atoms with Crippen molar-refractivity contribution < 1.29 is 170 Å². The van der Waals surface area contributed by atoms with Gasteiger partial charge in [-0.15, -0.1) is 0 Å². The number of fused-ring (bicyclic) bond motifs is 8. The summed E-state index contributed by atoms with van der Waals surface area (Å²) in [6.45, 7) is 4.70. The Labute approximate surface area is 538 Å². The Morgan fingerprint density at radius 3 is 0.876 bits per heavy atom. The first-order valence-electron chi connectivity index (χ1n) is 22.8. The van der Waals surface area contributed by atoms with Gasteiger partial charge in [0.1, 0.15) is 0 Å². The number of nitrogens with zero attached hydrogens (tertiary/aromatic N) is 8. The summed E-state index contributed by atoms with van der Waals surface area (Å²) in [5.41, 5.74) is 0. The van der Waals surface area contributed by atoms with Crippen LogP contribution in [0.4, 0.5) is 0 Å². The molecular weight excluding hydrogens is 1500 g/mol. The van der Waals surface area contributed by atoms with Crippen LogP contribution in [-0.4, -0.2) is 353 Å². The molecule has 8 heterocycles. The zero-order chi connectivity index (χ0) is 62.0. The average Bonchev–Trinajstić information content (AvgIpc) is 3.12. The maximum Gasteiger partial charge on any atom is 0.682 e. The Bertz CT molecular complexity index is 2120. The molecule has 12 atom stereocenters. The van der Waals surface area contributed by atoms with Crippen molar-refractivity contribution in [2.45, 2.75) is 65.5 Å². The molecule has 10 N–H and O–H groups in total. The molecule has 8 aliphatic heterocycles. The van der Waals surface area contributed by atoms with Gasteiger partial charge in [-0.25, -0.2) is 35.4 Å². The molecule has 0 radical (unpaired) electrons. The minimum Gasteiger partial charge on any atom is -0.393 e. The van der Waals surface area contributed by atoms with E-state index in [0.717, 1.165) is 16.7 Å². The van der Waals surface area contributed by atoms with Gasteiger partial charge < -0.3 is 143 Å². The van der Waals surface area contributed by atoms with E-state index in [0.29, 0.717) is 0 Å². The second-order valence-electron chi connectivity index (χ2n) is 18.2. The van der Waals surface area contributed by atoms with E-state index in [1.165, 1.54) is 116 Å². The number of hydroxylamine groups is 14. The third-order valence-electron chi connectivity index (χ3n) is 8.46. The summed E-state index contributed by atoms with van der Waals surface area (Å²) in [6, 6.07) is 0. The lowest BCUT2D eigenvalue weighted by Gasteiger charge is -2.54. The lowest BCUT2D eigenvalue weighted by atomic mass is 10.7. The number of hydrogen-bond donors (Lipinski definition) is 10. The largest absolute Gasteiger partial charge is 0.682 e. The summed E-state index contributed by atoms with van der Waals surface area (Å²) in [6.07, 6.45) is 0. The van der Waals surface area contributed by atoms with Gasteiger partial charge in [0.05, 0.1) is 0 Å². The highest BCUT2D eigenvalue weighted by molar-refractivity contribution is 6.95. The van der Waals surface area contributed by atoms with Crippen LogP contribution in [0.25, 0.3) is 0 Å². The first kappa shape index (κ1) is 92.6. The Morgan fingerprint density at radius 2 is 0.573 bits per heavy atom. The third kappa shape index (κ3) is 25.1. The van der Waals surface area contributed by atoms with Gasteiger partial charge in [0.15, 0.2) is 0 Å². The van der Waals surface area contributed by atoms with Gasteiger partial charge >= 0.3 is 145 Å². The lowest BCUT2D eigenvalue weighted by molar-refractivity contribution is -0.222. The van der Waals surface area contributed by atoms with E-state index in [2.05, 4.69) is 71.2 Å². The van der Waals surface area contributed by atoms with Crippen LogP contribution >= 0.6 is 0 Å². The van der Waals surface area contributed by atoms with E-state index in [1.807, 2.05) is 0 Å². The molecule has 63 heteroatoms. The molecule has 0 spiro atoms. The zero-order valence-corrected chi connectivity index (χ0v) is 63.1. The van der Waals surface area contributed by atoms with Crippen LogP contribution in [0, 0.1) is 0 Å². The van der Waals surface area contributed by atoms with Crippen LogP contribution in [-0.2, 0) is 122 Å².